The van der Waals surface area contributed by atoms with Crippen molar-refractivity contribution in [3.63, 3.8) is 0 Å². The summed E-state index contributed by atoms with van der Waals surface area (Å²) in [5.74, 6) is 0.213. The fourth-order valence-electron chi connectivity index (χ4n) is 1.48. The molecule has 0 radical (unpaired) electrons. The number of ether oxygens (including phenoxy) is 2. The highest BCUT2D eigenvalue weighted by molar-refractivity contribution is 5.76. The molecule has 0 aliphatic carbocycles. The molecular weight excluding hydrogens is 170 g/mol. The number of carbonyl (C=O) groups is 1. The molecule has 76 valence electrons. The van der Waals surface area contributed by atoms with Crippen molar-refractivity contribution < 1.29 is 14.3 Å². The van der Waals surface area contributed by atoms with Gasteiger partial charge in [0.15, 0.2) is 6.29 Å². The zero-order chi connectivity index (χ0) is 9.68. The van der Waals surface area contributed by atoms with E-state index in [-0.39, 0.29) is 12.2 Å². The molecule has 1 rings (SSSR count). The van der Waals surface area contributed by atoms with Gasteiger partial charge in [-0.1, -0.05) is 0 Å². The van der Waals surface area contributed by atoms with Crippen molar-refractivity contribution in [2.24, 2.45) is 0 Å². The van der Waals surface area contributed by atoms with Crippen LogP contribution in [0.25, 0.3) is 0 Å². The summed E-state index contributed by atoms with van der Waals surface area (Å²) < 4.78 is 10.1. The van der Waals surface area contributed by atoms with Gasteiger partial charge in [0.2, 0.25) is 5.91 Å². The first-order valence-electron chi connectivity index (χ1n) is 4.61. The molecule has 0 aromatic heterocycles. The van der Waals surface area contributed by atoms with Gasteiger partial charge in [-0.2, -0.15) is 0 Å². The Bertz CT molecular complexity index is 168. The van der Waals surface area contributed by atoms with E-state index in [0.29, 0.717) is 13.0 Å². The fourth-order valence-corrected chi connectivity index (χ4v) is 1.48. The lowest BCUT2D eigenvalue weighted by molar-refractivity contribution is -0.147. The van der Waals surface area contributed by atoms with Gasteiger partial charge in [0, 0.05) is 27.2 Å². The van der Waals surface area contributed by atoms with Crippen molar-refractivity contribution in [1.29, 1.82) is 0 Å². The van der Waals surface area contributed by atoms with E-state index >= 15 is 0 Å². The molecule has 4 nitrogen and oxygen atoms in total. The largest absolute Gasteiger partial charge is 0.354 e. The zero-order valence-electron chi connectivity index (χ0n) is 8.28. The molecule has 0 saturated carbocycles. The topological polar surface area (TPSA) is 38.8 Å². The van der Waals surface area contributed by atoms with Crippen molar-refractivity contribution in [2.75, 3.05) is 27.3 Å². The molecule has 0 unspecified atom stereocenters. The van der Waals surface area contributed by atoms with E-state index in [2.05, 4.69) is 0 Å². The van der Waals surface area contributed by atoms with Gasteiger partial charge in [-0.15, -0.1) is 0 Å². The smallest absolute Gasteiger partial charge is 0.222 e. The molecule has 1 saturated heterocycles. The summed E-state index contributed by atoms with van der Waals surface area (Å²) in [5, 5.41) is 0. The molecule has 0 aromatic carbocycles. The van der Waals surface area contributed by atoms with Gasteiger partial charge in [0.1, 0.15) is 0 Å². The third-order valence-corrected chi connectivity index (χ3v) is 2.32. The Balaban J connectivity index is 2.36. The predicted octanol–water partition coefficient (Wildman–Crippen LogP) is 0.618. The Morgan fingerprint density at radius 3 is 2.62 bits per heavy atom. The minimum atomic E-state index is -0.290. The van der Waals surface area contributed by atoms with Crippen LogP contribution < -0.4 is 0 Å². The van der Waals surface area contributed by atoms with Crippen LogP contribution in [-0.2, 0) is 14.3 Å². The van der Waals surface area contributed by atoms with Crippen LogP contribution in [-0.4, -0.2) is 44.4 Å². The van der Waals surface area contributed by atoms with E-state index in [4.69, 9.17) is 9.47 Å². The number of carbonyl (C=O) groups excluding carboxylic acids is 1. The average molecular weight is 187 g/mol. The average Bonchev–Trinajstić information content (AvgIpc) is 2.17. The third kappa shape index (κ3) is 2.97. The molecule has 4 heteroatoms. The number of rotatable bonds is 4. The van der Waals surface area contributed by atoms with Crippen LogP contribution in [0.4, 0.5) is 0 Å². The Morgan fingerprint density at radius 2 is 2.08 bits per heavy atom. The van der Waals surface area contributed by atoms with Crippen molar-refractivity contribution in [3.05, 3.63) is 0 Å². The van der Waals surface area contributed by atoms with Crippen LogP contribution in [0, 0.1) is 0 Å². The highest BCUT2D eigenvalue weighted by Crippen LogP contribution is 2.11. The second-order valence-corrected chi connectivity index (χ2v) is 3.20. The lowest BCUT2D eigenvalue weighted by Crippen LogP contribution is -2.41. The van der Waals surface area contributed by atoms with Crippen molar-refractivity contribution in [2.45, 2.75) is 25.6 Å². The second-order valence-electron chi connectivity index (χ2n) is 3.20. The van der Waals surface area contributed by atoms with Crippen LogP contribution in [0.15, 0.2) is 0 Å². The van der Waals surface area contributed by atoms with E-state index in [1.54, 1.807) is 19.1 Å². The Labute approximate surface area is 78.8 Å². The van der Waals surface area contributed by atoms with E-state index in [1.807, 2.05) is 0 Å². The van der Waals surface area contributed by atoms with E-state index in [1.165, 1.54) is 0 Å². The number of nitrogens with zero attached hydrogens (tertiary/aromatic N) is 1. The number of hydrogen-bond donors (Lipinski definition) is 0. The lowest BCUT2D eigenvalue weighted by Gasteiger charge is -2.29. The van der Waals surface area contributed by atoms with Gasteiger partial charge in [-0.25, -0.2) is 0 Å². The first-order valence-corrected chi connectivity index (χ1v) is 4.61. The number of hydrogen-bond acceptors (Lipinski definition) is 3. The molecule has 0 atom stereocenters. The first kappa shape index (κ1) is 10.5. The minimum absolute atomic E-state index is 0.213. The summed E-state index contributed by atoms with van der Waals surface area (Å²) in [6.07, 6.45) is 2.48. The van der Waals surface area contributed by atoms with E-state index in [9.17, 15) is 4.79 Å². The van der Waals surface area contributed by atoms with Crippen LogP contribution in [0.5, 0.6) is 0 Å². The van der Waals surface area contributed by atoms with Crippen LogP contribution in [0.3, 0.4) is 0 Å². The molecule has 0 bridgehead atoms. The van der Waals surface area contributed by atoms with Crippen molar-refractivity contribution in [3.8, 4) is 0 Å². The summed E-state index contributed by atoms with van der Waals surface area (Å²) in [7, 11) is 3.17. The van der Waals surface area contributed by atoms with Gasteiger partial charge in [0.25, 0.3) is 0 Å². The molecular formula is C9H17NO3. The third-order valence-electron chi connectivity index (χ3n) is 2.32. The lowest BCUT2D eigenvalue weighted by atomic mass is 10.1. The maximum Gasteiger partial charge on any atom is 0.222 e. The highest BCUT2D eigenvalue weighted by Gasteiger charge is 2.20. The fraction of sp³-hybridized carbons (Fsp3) is 0.889. The number of likely N-dealkylation sites (tertiary alicyclic amines) is 1. The SMILES string of the molecule is COC(CN1CCCCC1=O)OC. The summed E-state index contributed by atoms with van der Waals surface area (Å²) in [4.78, 5) is 13.2. The maximum atomic E-state index is 11.4. The summed E-state index contributed by atoms with van der Waals surface area (Å²) in [6.45, 7) is 1.38. The molecule has 1 amide bonds. The molecule has 13 heavy (non-hydrogen) atoms. The zero-order valence-corrected chi connectivity index (χ0v) is 8.28. The van der Waals surface area contributed by atoms with Gasteiger partial charge < -0.3 is 14.4 Å². The summed E-state index contributed by atoms with van der Waals surface area (Å²) >= 11 is 0. The van der Waals surface area contributed by atoms with Gasteiger partial charge in [0.05, 0.1) is 6.54 Å². The van der Waals surface area contributed by atoms with Crippen LogP contribution in [0.2, 0.25) is 0 Å². The summed E-state index contributed by atoms with van der Waals surface area (Å²) in [6, 6.07) is 0. The monoisotopic (exact) mass is 187 g/mol. The number of methoxy groups -OCH3 is 2. The summed E-state index contributed by atoms with van der Waals surface area (Å²) in [5.41, 5.74) is 0. The molecule has 0 aromatic rings. The first-order chi connectivity index (χ1) is 6.27. The molecule has 1 fully saturated rings. The Hall–Kier alpha value is -0.610. The number of amides is 1. The van der Waals surface area contributed by atoms with Crippen LogP contribution >= 0.6 is 0 Å². The Kier molecular flexibility index (Phi) is 4.18. The standard InChI is InChI=1S/C9H17NO3/c1-12-9(13-2)7-10-6-4-3-5-8(10)11/h9H,3-7H2,1-2H3. The number of piperidine rings is 1. The highest BCUT2D eigenvalue weighted by atomic mass is 16.7. The molecule has 1 heterocycles. The molecule has 1 aliphatic heterocycles. The minimum Gasteiger partial charge on any atom is -0.354 e. The van der Waals surface area contributed by atoms with Crippen molar-refractivity contribution >= 4 is 5.91 Å². The quantitative estimate of drug-likeness (QED) is 0.605. The second kappa shape index (κ2) is 5.19. The maximum absolute atomic E-state index is 11.4. The Morgan fingerprint density at radius 1 is 1.38 bits per heavy atom. The van der Waals surface area contributed by atoms with Gasteiger partial charge in [-0.3, -0.25) is 4.79 Å². The van der Waals surface area contributed by atoms with Crippen LogP contribution in [0.1, 0.15) is 19.3 Å². The van der Waals surface area contributed by atoms with Gasteiger partial charge in [-0.05, 0) is 12.8 Å². The van der Waals surface area contributed by atoms with Gasteiger partial charge >= 0.3 is 0 Å². The molecule has 1 aliphatic rings. The molecule has 0 N–H and O–H groups in total. The van der Waals surface area contributed by atoms with E-state index in [0.717, 1.165) is 19.4 Å². The normalized spacial score (nSPS) is 18.4. The van der Waals surface area contributed by atoms with Crippen molar-refractivity contribution in [1.82, 2.24) is 4.90 Å². The molecule has 0 spiro atoms. The van der Waals surface area contributed by atoms with E-state index < -0.39 is 0 Å². The predicted molar refractivity (Wildman–Crippen MR) is 48.2 cm³/mol.